The molecule has 0 aliphatic rings. The first kappa shape index (κ1) is 53.6. The molecule has 0 aliphatic heterocycles. The molecule has 0 fully saturated rings. The Bertz CT molecular complexity index is 706. The largest absolute Gasteiger partial charge is 0.466 e. The first-order valence-electron chi connectivity index (χ1n) is 23.6. The summed E-state index contributed by atoms with van der Waals surface area (Å²) in [4.78, 5) is 27.2. The predicted molar refractivity (Wildman–Crippen MR) is 241 cm³/mol. The van der Waals surface area contributed by atoms with Crippen LogP contribution in [0.1, 0.15) is 232 Å². The van der Waals surface area contributed by atoms with Gasteiger partial charge < -0.3 is 20.1 Å². The van der Waals surface area contributed by atoms with Crippen molar-refractivity contribution in [3.63, 3.8) is 0 Å². The molecule has 0 aromatic heterocycles. The molecule has 8 heteroatoms. The van der Waals surface area contributed by atoms with Gasteiger partial charge in [0.2, 0.25) is 0 Å². The average molecular weight is 801 g/mol. The molecule has 0 spiro atoms. The van der Waals surface area contributed by atoms with Crippen LogP contribution >= 0.6 is 21.6 Å². The summed E-state index contributed by atoms with van der Waals surface area (Å²) in [6.07, 6.45) is 43.5. The van der Waals surface area contributed by atoms with E-state index in [0.717, 1.165) is 43.7 Å². The fourth-order valence-corrected chi connectivity index (χ4v) is 8.87. The quantitative estimate of drug-likeness (QED) is 0.0370. The van der Waals surface area contributed by atoms with Crippen LogP contribution in [0.3, 0.4) is 0 Å². The lowest BCUT2D eigenvalue weighted by molar-refractivity contribution is -0.144. The van der Waals surface area contributed by atoms with Gasteiger partial charge in [-0.05, 0) is 12.8 Å². The summed E-state index contributed by atoms with van der Waals surface area (Å²) in [5.41, 5.74) is 5.63. The van der Waals surface area contributed by atoms with Gasteiger partial charge in [0.05, 0.1) is 26.1 Å². The molecule has 0 aliphatic carbocycles. The van der Waals surface area contributed by atoms with Crippen molar-refractivity contribution in [3.8, 4) is 0 Å². The van der Waals surface area contributed by atoms with E-state index in [2.05, 4.69) is 18.7 Å². The molecule has 0 heterocycles. The molecule has 0 bridgehead atoms. The zero-order valence-corrected chi connectivity index (χ0v) is 37.8. The maximum atomic E-state index is 12.5. The third-order valence-corrected chi connectivity index (χ3v) is 13.0. The number of rotatable bonds is 46. The number of carbonyl (C=O) groups excluding carboxylic acids is 2. The highest BCUT2D eigenvalue weighted by molar-refractivity contribution is 8.76. The van der Waals surface area contributed by atoms with Crippen LogP contribution < -0.4 is 5.73 Å². The molecule has 322 valence electrons. The number of esters is 2. The maximum Gasteiger partial charge on any atom is 0.307 e. The molecule has 0 amide bonds. The molecule has 0 aromatic carbocycles. The molecule has 0 aromatic rings. The Morgan fingerprint density at radius 3 is 0.981 bits per heavy atom. The van der Waals surface area contributed by atoms with Gasteiger partial charge in [0.25, 0.3) is 0 Å². The van der Waals surface area contributed by atoms with Crippen LogP contribution in [-0.2, 0) is 19.1 Å². The second-order valence-corrected chi connectivity index (χ2v) is 18.5. The minimum atomic E-state index is -0.128. The number of ether oxygens (including phenoxy) is 2. The lowest BCUT2D eigenvalue weighted by Crippen LogP contribution is -2.31. The van der Waals surface area contributed by atoms with Crippen LogP contribution in [0.15, 0.2) is 0 Å². The molecular formula is C46H92N2O4S2. The lowest BCUT2D eigenvalue weighted by Gasteiger charge is -2.21. The van der Waals surface area contributed by atoms with Crippen molar-refractivity contribution in [2.24, 2.45) is 5.73 Å². The van der Waals surface area contributed by atoms with Crippen molar-refractivity contribution in [2.75, 3.05) is 50.9 Å². The van der Waals surface area contributed by atoms with Gasteiger partial charge in [-0.1, -0.05) is 228 Å². The van der Waals surface area contributed by atoms with Crippen LogP contribution in [0, 0.1) is 0 Å². The van der Waals surface area contributed by atoms with E-state index in [4.69, 9.17) is 15.2 Å². The number of hydrogen-bond acceptors (Lipinski definition) is 8. The topological polar surface area (TPSA) is 81.9 Å². The summed E-state index contributed by atoms with van der Waals surface area (Å²) in [6, 6.07) is 0. The highest BCUT2D eigenvalue weighted by Crippen LogP contribution is 2.20. The summed E-state index contributed by atoms with van der Waals surface area (Å²) in [7, 11) is 3.59. The SMILES string of the molecule is CCCCCCCCCCCCCCCCCCOC(=O)CCN(CCSSCCN)CCC(=O)OCCCCCCCCCCCCCCCCCC. The van der Waals surface area contributed by atoms with Gasteiger partial charge in [-0.15, -0.1) is 0 Å². The second kappa shape index (κ2) is 46.9. The Labute approximate surface area is 344 Å². The maximum absolute atomic E-state index is 12.5. The van der Waals surface area contributed by atoms with Crippen molar-refractivity contribution in [1.29, 1.82) is 0 Å². The smallest absolute Gasteiger partial charge is 0.307 e. The van der Waals surface area contributed by atoms with E-state index in [1.54, 1.807) is 21.6 Å². The zero-order valence-electron chi connectivity index (χ0n) is 36.2. The van der Waals surface area contributed by atoms with Gasteiger partial charge in [0, 0.05) is 37.7 Å². The first-order chi connectivity index (χ1) is 26.6. The van der Waals surface area contributed by atoms with Crippen molar-refractivity contribution in [1.82, 2.24) is 4.90 Å². The number of nitrogens with two attached hydrogens (primary N) is 1. The molecule has 0 unspecified atom stereocenters. The summed E-state index contributed by atoms with van der Waals surface area (Å²) in [5, 5.41) is 0. The van der Waals surface area contributed by atoms with E-state index in [0.29, 0.717) is 45.7 Å². The van der Waals surface area contributed by atoms with Crippen LogP contribution in [0.4, 0.5) is 0 Å². The van der Waals surface area contributed by atoms with E-state index in [1.165, 1.54) is 180 Å². The molecule has 0 saturated heterocycles. The van der Waals surface area contributed by atoms with E-state index in [9.17, 15) is 9.59 Å². The molecule has 0 radical (unpaired) electrons. The lowest BCUT2D eigenvalue weighted by atomic mass is 10.0. The minimum Gasteiger partial charge on any atom is -0.466 e. The van der Waals surface area contributed by atoms with Crippen molar-refractivity contribution in [3.05, 3.63) is 0 Å². The van der Waals surface area contributed by atoms with Crippen LogP contribution in [0.25, 0.3) is 0 Å². The zero-order chi connectivity index (χ0) is 39.3. The molecule has 54 heavy (non-hydrogen) atoms. The van der Waals surface area contributed by atoms with Crippen LogP contribution in [0.5, 0.6) is 0 Å². The van der Waals surface area contributed by atoms with Gasteiger partial charge in [-0.25, -0.2) is 0 Å². The molecule has 0 saturated carbocycles. The fraction of sp³-hybridized carbons (Fsp3) is 0.957. The fourth-order valence-electron chi connectivity index (χ4n) is 6.98. The molecule has 0 rings (SSSR count). The molecule has 6 nitrogen and oxygen atoms in total. The monoisotopic (exact) mass is 801 g/mol. The van der Waals surface area contributed by atoms with Crippen LogP contribution in [0.2, 0.25) is 0 Å². The number of nitrogens with zero attached hydrogens (tertiary/aromatic N) is 1. The van der Waals surface area contributed by atoms with Crippen molar-refractivity contribution >= 4 is 33.5 Å². The van der Waals surface area contributed by atoms with Gasteiger partial charge in [0.15, 0.2) is 0 Å². The highest BCUT2D eigenvalue weighted by atomic mass is 33.1. The van der Waals surface area contributed by atoms with E-state index in [-0.39, 0.29) is 11.9 Å². The summed E-state index contributed by atoms with van der Waals surface area (Å²) >= 11 is 0. The van der Waals surface area contributed by atoms with Gasteiger partial charge in [0.1, 0.15) is 0 Å². The average Bonchev–Trinajstić information content (AvgIpc) is 3.17. The molecule has 2 N–H and O–H groups in total. The van der Waals surface area contributed by atoms with Crippen molar-refractivity contribution < 1.29 is 19.1 Å². The summed E-state index contributed by atoms with van der Waals surface area (Å²) in [5.74, 6) is 1.62. The summed E-state index contributed by atoms with van der Waals surface area (Å²) < 4.78 is 11.1. The van der Waals surface area contributed by atoms with Crippen LogP contribution in [-0.4, -0.2) is 67.7 Å². The van der Waals surface area contributed by atoms with Crippen molar-refractivity contribution in [2.45, 2.75) is 232 Å². The highest BCUT2D eigenvalue weighted by Gasteiger charge is 2.13. The van der Waals surface area contributed by atoms with Gasteiger partial charge in [-0.3, -0.25) is 9.59 Å². The third-order valence-electron chi connectivity index (χ3n) is 10.6. The Hall–Kier alpha value is -0.440. The number of hydrogen-bond donors (Lipinski definition) is 1. The second-order valence-electron chi connectivity index (χ2n) is 15.8. The Morgan fingerprint density at radius 2 is 0.685 bits per heavy atom. The standard InChI is InChI=1S/C46H92N2O4S2/c1-3-5-7-9-11-13-15-17-19-21-23-25-27-29-31-33-41-51-45(49)35-38-48(40-44-54-53-43-37-47)39-36-46(50)52-42-34-32-30-28-26-24-22-20-18-16-14-12-10-8-6-4-2/h3-44,47H2,1-2H3. The predicted octanol–water partition coefficient (Wildman–Crippen LogP) is 14.0. The van der Waals surface area contributed by atoms with E-state index < -0.39 is 0 Å². The number of unbranched alkanes of at least 4 members (excludes halogenated alkanes) is 30. The molecule has 0 atom stereocenters. The Balaban J connectivity index is 3.84. The van der Waals surface area contributed by atoms with E-state index in [1.807, 2.05) is 0 Å². The minimum absolute atomic E-state index is 0.128. The van der Waals surface area contributed by atoms with Gasteiger partial charge in [-0.2, -0.15) is 0 Å². The normalized spacial score (nSPS) is 11.5. The first-order valence-corrected chi connectivity index (χ1v) is 26.1. The summed E-state index contributed by atoms with van der Waals surface area (Å²) in [6.45, 7) is 8.36. The third kappa shape index (κ3) is 44.3. The Kier molecular flexibility index (Phi) is 46.6. The molecular weight excluding hydrogens is 709 g/mol. The van der Waals surface area contributed by atoms with E-state index >= 15 is 0 Å². The Morgan fingerprint density at radius 1 is 0.407 bits per heavy atom. The van der Waals surface area contributed by atoms with Gasteiger partial charge >= 0.3 is 11.9 Å². The number of carbonyl (C=O) groups is 2.